The van der Waals surface area contributed by atoms with E-state index >= 15 is 0 Å². The maximum absolute atomic E-state index is 14.2. The van der Waals surface area contributed by atoms with Crippen molar-refractivity contribution in [2.24, 2.45) is 4.99 Å². The molecule has 1 aromatic carbocycles. The molecule has 1 aliphatic carbocycles. The predicted molar refractivity (Wildman–Crippen MR) is 133 cm³/mol. The molecule has 182 valence electrons. The van der Waals surface area contributed by atoms with Gasteiger partial charge in [-0.15, -0.1) is 11.3 Å². The summed E-state index contributed by atoms with van der Waals surface area (Å²) >= 11 is 1.61. The Kier molecular flexibility index (Phi) is 5.37. The van der Waals surface area contributed by atoms with Gasteiger partial charge in [-0.25, -0.2) is 14.2 Å². The number of imidazole rings is 1. The molecule has 6 rings (SSSR count). The normalized spacial score (nSPS) is 14.7. The first kappa shape index (κ1) is 22.2. The zero-order valence-electron chi connectivity index (χ0n) is 19.1. The monoisotopic (exact) mass is 504 g/mol. The van der Waals surface area contributed by atoms with Gasteiger partial charge >= 0.3 is 5.69 Å². The van der Waals surface area contributed by atoms with Gasteiger partial charge in [-0.1, -0.05) is 6.07 Å². The van der Waals surface area contributed by atoms with Crippen molar-refractivity contribution in [2.45, 2.75) is 32.4 Å². The summed E-state index contributed by atoms with van der Waals surface area (Å²) in [6.07, 6.45) is 5.10. The van der Waals surface area contributed by atoms with E-state index in [-0.39, 0.29) is 23.4 Å². The molecule has 4 aromatic heterocycles. The number of nitrogens with zero attached hydrogens (tertiary/aromatic N) is 5. The molecule has 0 amide bonds. The van der Waals surface area contributed by atoms with Crippen molar-refractivity contribution in [3.05, 3.63) is 79.8 Å². The van der Waals surface area contributed by atoms with E-state index in [0.717, 1.165) is 34.4 Å². The van der Waals surface area contributed by atoms with Gasteiger partial charge in [-0.3, -0.25) is 4.98 Å². The number of aromatic nitrogens is 6. The lowest BCUT2D eigenvalue weighted by atomic mass is 10.0. The molecule has 0 bridgehead atoms. The number of aromatic hydroxyl groups is 1. The van der Waals surface area contributed by atoms with Gasteiger partial charge in [0.05, 0.1) is 12.2 Å². The molecule has 0 atom stereocenters. The molecule has 4 N–H and O–H groups in total. The number of hydrogen-bond acceptors (Lipinski definition) is 8. The van der Waals surface area contributed by atoms with E-state index in [1.165, 1.54) is 16.6 Å². The van der Waals surface area contributed by atoms with Crippen molar-refractivity contribution in [3.63, 3.8) is 0 Å². The van der Waals surface area contributed by atoms with Crippen LogP contribution in [0.4, 0.5) is 10.3 Å². The van der Waals surface area contributed by atoms with Crippen molar-refractivity contribution < 1.29 is 9.50 Å². The van der Waals surface area contributed by atoms with Crippen LogP contribution in [-0.2, 0) is 6.54 Å². The summed E-state index contributed by atoms with van der Waals surface area (Å²) < 4.78 is 15.7. The van der Waals surface area contributed by atoms with E-state index in [9.17, 15) is 14.3 Å². The number of aromatic amines is 2. The lowest BCUT2D eigenvalue weighted by Crippen LogP contribution is -2.24. The Morgan fingerprint density at radius 1 is 1.31 bits per heavy atom. The summed E-state index contributed by atoms with van der Waals surface area (Å²) in [5.74, 6) is -0.294. The molecule has 0 aliphatic heterocycles. The molecule has 1 aliphatic rings. The molecule has 1 saturated carbocycles. The summed E-state index contributed by atoms with van der Waals surface area (Å²) in [5.41, 5.74) is 3.38. The van der Waals surface area contributed by atoms with Gasteiger partial charge in [0.2, 0.25) is 11.8 Å². The van der Waals surface area contributed by atoms with Crippen LogP contribution in [0.3, 0.4) is 0 Å². The molecule has 0 radical (unpaired) electrons. The molecule has 5 aromatic rings. The Hall–Kier alpha value is -4.32. The number of hydrogen-bond donors (Lipinski definition) is 4. The Labute approximate surface area is 206 Å². The van der Waals surface area contributed by atoms with E-state index in [2.05, 4.69) is 35.3 Å². The van der Waals surface area contributed by atoms with Crippen molar-refractivity contribution in [1.29, 1.82) is 0 Å². The number of benzene rings is 1. The number of rotatable bonds is 6. The molecule has 12 heteroatoms. The van der Waals surface area contributed by atoms with Crippen LogP contribution in [0.25, 0.3) is 22.2 Å². The van der Waals surface area contributed by atoms with Gasteiger partial charge in [0, 0.05) is 16.6 Å². The fourth-order valence-electron chi connectivity index (χ4n) is 3.91. The fraction of sp³-hybridized carbons (Fsp3) is 0.208. The largest absolute Gasteiger partial charge is 0.493 e. The number of anilines is 1. The maximum atomic E-state index is 14.2. The molecular formula is C24H21FN8O2S. The van der Waals surface area contributed by atoms with Crippen LogP contribution in [-0.4, -0.2) is 40.7 Å². The minimum atomic E-state index is -0.525. The number of aryl methyl sites for hydroxylation is 1. The zero-order valence-corrected chi connectivity index (χ0v) is 19.9. The third-order valence-electron chi connectivity index (χ3n) is 5.87. The summed E-state index contributed by atoms with van der Waals surface area (Å²) in [7, 11) is 0. The lowest BCUT2D eigenvalue weighted by Gasteiger charge is -2.11. The first-order valence-corrected chi connectivity index (χ1v) is 12.2. The number of H-pyrrole nitrogens is 2. The second kappa shape index (κ2) is 8.72. The van der Waals surface area contributed by atoms with Crippen LogP contribution >= 0.6 is 11.3 Å². The second-order valence-corrected chi connectivity index (χ2v) is 9.53. The van der Waals surface area contributed by atoms with E-state index in [1.807, 2.05) is 18.4 Å². The van der Waals surface area contributed by atoms with Crippen LogP contribution in [0, 0.1) is 12.7 Å². The first-order chi connectivity index (χ1) is 17.4. The molecule has 36 heavy (non-hydrogen) atoms. The summed E-state index contributed by atoms with van der Waals surface area (Å²) in [6.45, 7) is 2.32. The average Bonchev–Trinajstić information content (AvgIpc) is 3.26. The highest BCUT2D eigenvalue weighted by Gasteiger charge is 2.21. The highest BCUT2D eigenvalue weighted by molar-refractivity contribution is 7.13. The topological polar surface area (TPSA) is 136 Å². The summed E-state index contributed by atoms with van der Waals surface area (Å²) in [6, 6.07) is 6.99. The van der Waals surface area contributed by atoms with Crippen molar-refractivity contribution in [2.75, 3.05) is 5.32 Å². The van der Waals surface area contributed by atoms with Gasteiger partial charge in [-0.2, -0.15) is 19.6 Å². The Balaban J connectivity index is 1.42. The van der Waals surface area contributed by atoms with Crippen LogP contribution in [0.5, 0.6) is 5.88 Å². The Morgan fingerprint density at radius 2 is 2.17 bits per heavy atom. The molecule has 4 heterocycles. The third kappa shape index (κ3) is 4.26. The van der Waals surface area contributed by atoms with Gasteiger partial charge in [0.15, 0.2) is 5.65 Å². The number of nitrogens with one attached hydrogen (secondary N) is 3. The highest BCUT2D eigenvalue weighted by Crippen LogP contribution is 2.32. The molecule has 0 unspecified atom stereocenters. The molecule has 0 spiro atoms. The quantitative estimate of drug-likeness (QED) is 0.280. The Bertz CT molecular complexity index is 1780. The summed E-state index contributed by atoms with van der Waals surface area (Å²) in [4.78, 5) is 31.3. The van der Waals surface area contributed by atoms with Crippen molar-refractivity contribution in [1.82, 2.24) is 29.5 Å². The average molecular weight is 505 g/mol. The minimum absolute atomic E-state index is 0.189. The minimum Gasteiger partial charge on any atom is -0.493 e. The van der Waals surface area contributed by atoms with Crippen molar-refractivity contribution in [3.8, 4) is 16.3 Å². The Morgan fingerprint density at radius 3 is 2.89 bits per heavy atom. The number of halogens is 1. The molecular weight excluding hydrogens is 483 g/mol. The zero-order chi connectivity index (χ0) is 24.8. The fourth-order valence-corrected chi connectivity index (χ4v) is 4.90. The number of thiophene rings is 1. The summed E-state index contributed by atoms with van der Waals surface area (Å²) in [5, 5.41) is 20.1. The van der Waals surface area contributed by atoms with Crippen LogP contribution in [0.2, 0.25) is 0 Å². The predicted octanol–water partition coefficient (Wildman–Crippen LogP) is 2.25. The van der Waals surface area contributed by atoms with Crippen LogP contribution < -0.4 is 21.8 Å². The van der Waals surface area contributed by atoms with E-state index < -0.39 is 5.69 Å². The van der Waals surface area contributed by atoms with E-state index in [4.69, 9.17) is 0 Å². The van der Waals surface area contributed by atoms with Gasteiger partial charge in [-0.05, 0) is 66.1 Å². The number of fused-ring (bicyclic) bond motifs is 1. The van der Waals surface area contributed by atoms with Gasteiger partial charge < -0.3 is 15.4 Å². The smallest absolute Gasteiger partial charge is 0.326 e. The van der Waals surface area contributed by atoms with E-state index in [0.29, 0.717) is 29.0 Å². The van der Waals surface area contributed by atoms with E-state index in [1.54, 1.807) is 29.7 Å². The maximum Gasteiger partial charge on any atom is 0.326 e. The van der Waals surface area contributed by atoms with Crippen LogP contribution in [0.15, 0.2) is 45.6 Å². The molecule has 0 saturated heterocycles. The first-order valence-electron chi connectivity index (χ1n) is 11.3. The third-order valence-corrected chi connectivity index (χ3v) is 6.92. The van der Waals surface area contributed by atoms with Gasteiger partial charge in [0.25, 0.3) is 5.62 Å². The standard InChI is InChI=1S/C24H21FN8O2S/c1-12-6-7-36-19(12)17-5-2-15(25)8-13(17)10-26-22-30-20-14(9-18-21(34)31-24(35)29-18)11-27-33(20)23(32-22)28-16-3-4-16/h2,5-9,11,16,34H,3-4,10H2,1H3,(H,26,28,32)(H2,29,31,35). The van der Waals surface area contributed by atoms with Crippen molar-refractivity contribution >= 4 is 29.0 Å². The molecule has 1 fully saturated rings. The second-order valence-electron chi connectivity index (χ2n) is 8.62. The van der Waals surface area contributed by atoms with Gasteiger partial charge in [0.1, 0.15) is 11.5 Å². The van der Waals surface area contributed by atoms with Crippen LogP contribution in [0.1, 0.15) is 29.7 Å². The SMILES string of the molecule is Cc1ccsc1-c1ccc(F)cc1CNc1nc(=NC2CC2)n2ncc(=Cc3[nH]c(=O)[nH]c3O)c2n1. The lowest BCUT2D eigenvalue weighted by molar-refractivity contribution is 0.454. The highest BCUT2D eigenvalue weighted by atomic mass is 32.1. The molecule has 10 nitrogen and oxygen atoms in total.